The van der Waals surface area contributed by atoms with Crippen LogP contribution in [-0.4, -0.2) is 23.9 Å². The van der Waals surface area contributed by atoms with Crippen molar-refractivity contribution in [2.75, 3.05) is 13.7 Å². The quantitative estimate of drug-likeness (QED) is 0.858. The smallest absolute Gasteiger partial charge is 0.227 e. The van der Waals surface area contributed by atoms with Gasteiger partial charge in [-0.1, -0.05) is 35.0 Å². The fourth-order valence-corrected chi connectivity index (χ4v) is 1.89. The second-order valence-corrected chi connectivity index (χ2v) is 4.60. The molecule has 19 heavy (non-hydrogen) atoms. The summed E-state index contributed by atoms with van der Waals surface area (Å²) in [7, 11) is 1.60. The highest BCUT2D eigenvalue weighted by Crippen LogP contribution is 2.10. The monoisotopic (exact) mass is 261 g/mol. The highest BCUT2D eigenvalue weighted by molar-refractivity contribution is 5.22. The van der Waals surface area contributed by atoms with Gasteiger partial charge < -0.3 is 15.0 Å². The Bertz CT molecular complexity index is 525. The van der Waals surface area contributed by atoms with Crippen LogP contribution >= 0.6 is 0 Å². The zero-order valence-electron chi connectivity index (χ0n) is 11.3. The zero-order valence-corrected chi connectivity index (χ0v) is 11.3. The van der Waals surface area contributed by atoms with Crippen molar-refractivity contribution in [3.63, 3.8) is 0 Å². The molecule has 0 aliphatic heterocycles. The third kappa shape index (κ3) is 3.87. The van der Waals surface area contributed by atoms with Gasteiger partial charge in [-0.15, -0.1) is 0 Å². The van der Waals surface area contributed by atoms with Crippen LogP contribution in [0.4, 0.5) is 0 Å². The number of hydrogen-bond donors (Lipinski definition) is 1. The summed E-state index contributed by atoms with van der Waals surface area (Å²) in [5, 5.41) is 3.87. The van der Waals surface area contributed by atoms with E-state index in [2.05, 4.69) is 41.3 Å². The molecule has 0 spiro atoms. The molecule has 0 aliphatic rings. The maximum absolute atomic E-state index is 5.84. The van der Waals surface area contributed by atoms with Crippen LogP contribution in [0.15, 0.2) is 28.8 Å². The van der Waals surface area contributed by atoms with E-state index in [0.717, 1.165) is 12.8 Å². The molecule has 0 fully saturated rings. The molecule has 2 rings (SSSR count). The van der Waals surface area contributed by atoms with Crippen LogP contribution < -0.4 is 5.73 Å². The minimum atomic E-state index is -0.332. The largest absolute Gasteiger partial charge is 0.383 e. The van der Waals surface area contributed by atoms with Crippen molar-refractivity contribution in [1.82, 2.24) is 10.1 Å². The molecule has 1 aromatic carbocycles. The number of ether oxygens (including phenoxy) is 1. The van der Waals surface area contributed by atoms with E-state index >= 15 is 0 Å². The molecule has 1 atom stereocenters. The molecule has 0 saturated carbocycles. The van der Waals surface area contributed by atoms with Gasteiger partial charge >= 0.3 is 0 Å². The first-order valence-corrected chi connectivity index (χ1v) is 6.31. The van der Waals surface area contributed by atoms with Gasteiger partial charge in [0.15, 0.2) is 5.82 Å². The molecule has 1 unspecified atom stereocenters. The number of nitrogens with zero attached hydrogens (tertiary/aromatic N) is 2. The standard InChI is InChI=1S/C14H19N3O2/c1-10-4-3-5-11(8-10)6-7-13-16-14(17-19-13)12(15)9-18-2/h3-5,8,12H,6-7,9,15H2,1-2H3. The van der Waals surface area contributed by atoms with E-state index in [9.17, 15) is 0 Å². The second-order valence-electron chi connectivity index (χ2n) is 4.60. The van der Waals surface area contributed by atoms with Gasteiger partial charge in [-0.3, -0.25) is 0 Å². The molecule has 0 bridgehead atoms. The van der Waals surface area contributed by atoms with Crippen molar-refractivity contribution in [2.24, 2.45) is 5.73 Å². The maximum Gasteiger partial charge on any atom is 0.227 e. The van der Waals surface area contributed by atoms with E-state index < -0.39 is 0 Å². The van der Waals surface area contributed by atoms with E-state index in [1.54, 1.807) is 7.11 Å². The first-order chi connectivity index (χ1) is 9.19. The first kappa shape index (κ1) is 13.7. The summed E-state index contributed by atoms with van der Waals surface area (Å²) in [4.78, 5) is 4.28. The van der Waals surface area contributed by atoms with Gasteiger partial charge in [0.2, 0.25) is 5.89 Å². The van der Waals surface area contributed by atoms with E-state index in [1.807, 2.05) is 0 Å². The molecule has 2 N–H and O–H groups in total. The van der Waals surface area contributed by atoms with E-state index in [1.165, 1.54) is 11.1 Å². The number of benzene rings is 1. The number of methoxy groups -OCH3 is 1. The van der Waals surface area contributed by atoms with Crippen LogP contribution in [0.1, 0.15) is 28.9 Å². The summed E-state index contributed by atoms with van der Waals surface area (Å²) in [6, 6.07) is 8.06. The normalized spacial score (nSPS) is 12.6. The summed E-state index contributed by atoms with van der Waals surface area (Å²) in [6.07, 6.45) is 1.60. The molecule has 2 aromatic rings. The van der Waals surface area contributed by atoms with E-state index in [-0.39, 0.29) is 6.04 Å². The molecule has 1 heterocycles. The molecule has 1 aromatic heterocycles. The molecule has 0 radical (unpaired) electrons. The predicted octanol–water partition coefficient (Wildman–Crippen LogP) is 1.81. The van der Waals surface area contributed by atoms with E-state index in [4.69, 9.17) is 15.0 Å². The van der Waals surface area contributed by atoms with E-state index in [0.29, 0.717) is 18.3 Å². The Morgan fingerprint density at radius 1 is 1.37 bits per heavy atom. The number of aryl methyl sites for hydroxylation is 3. The minimum Gasteiger partial charge on any atom is -0.383 e. The number of aromatic nitrogens is 2. The topological polar surface area (TPSA) is 74.2 Å². The third-order valence-electron chi connectivity index (χ3n) is 2.87. The van der Waals surface area contributed by atoms with Crippen LogP contribution in [0.3, 0.4) is 0 Å². The Balaban J connectivity index is 1.93. The highest BCUT2D eigenvalue weighted by atomic mass is 16.5. The summed E-state index contributed by atoms with van der Waals surface area (Å²) < 4.78 is 10.2. The Morgan fingerprint density at radius 2 is 2.21 bits per heavy atom. The molecule has 5 heteroatoms. The lowest BCUT2D eigenvalue weighted by atomic mass is 10.1. The Kier molecular flexibility index (Phi) is 4.65. The minimum absolute atomic E-state index is 0.332. The lowest BCUT2D eigenvalue weighted by Crippen LogP contribution is -2.17. The summed E-state index contributed by atoms with van der Waals surface area (Å²) >= 11 is 0. The molecular weight excluding hydrogens is 242 g/mol. The van der Waals surface area contributed by atoms with Crippen molar-refractivity contribution in [3.8, 4) is 0 Å². The van der Waals surface area contributed by atoms with Crippen molar-refractivity contribution < 1.29 is 9.26 Å². The third-order valence-corrected chi connectivity index (χ3v) is 2.87. The van der Waals surface area contributed by atoms with Gasteiger partial charge in [0, 0.05) is 13.5 Å². The maximum atomic E-state index is 5.84. The Morgan fingerprint density at radius 3 is 2.95 bits per heavy atom. The van der Waals surface area contributed by atoms with Crippen LogP contribution in [0.25, 0.3) is 0 Å². The molecule has 102 valence electrons. The van der Waals surface area contributed by atoms with Crippen LogP contribution in [0, 0.1) is 6.92 Å². The number of nitrogens with two attached hydrogens (primary N) is 1. The molecular formula is C14H19N3O2. The average molecular weight is 261 g/mol. The second kappa shape index (κ2) is 6.45. The summed E-state index contributed by atoms with van der Waals surface area (Å²) in [5.41, 5.74) is 8.36. The lowest BCUT2D eigenvalue weighted by Gasteiger charge is -2.03. The van der Waals surface area contributed by atoms with Gasteiger partial charge in [0.1, 0.15) is 0 Å². The zero-order chi connectivity index (χ0) is 13.7. The first-order valence-electron chi connectivity index (χ1n) is 6.31. The number of rotatable bonds is 6. The van der Waals surface area contributed by atoms with Crippen molar-refractivity contribution in [2.45, 2.75) is 25.8 Å². The fraction of sp³-hybridized carbons (Fsp3) is 0.429. The van der Waals surface area contributed by atoms with Gasteiger partial charge in [0.05, 0.1) is 12.6 Å². The summed E-state index contributed by atoms with van der Waals surface area (Å²) in [6.45, 7) is 2.47. The Hall–Kier alpha value is -1.72. The van der Waals surface area contributed by atoms with Crippen LogP contribution in [0.5, 0.6) is 0 Å². The van der Waals surface area contributed by atoms with Crippen molar-refractivity contribution >= 4 is 0 Å². The van der Waals surface area contributed by atoms with Gasteiger partial charge in [0.25, 0.3) is 0 Å². The Labute approximate surface area is 112 Å². The van der Waals surface area contributed by atoms with Crippen LogP contribution in [0.2, 0.25) is 0 Å². The highest BCUT2D eigenvalue weighted by Gasteiger charge is 2.13. The molecule has 5 nitrogen and oxygen atoms in total. The van der Waals surface area contributed by atoms with Gasteiger partial charge in [-0.25, -0.2) is 0 Å². The molecule has 0 amide bonds. The van der Waals surface area contributed by atoms with Crippen LogP contribution in [-0.2, 0) is 17.6 Å². The van der Waals surface area contributed by atoms with Gasteiger partial charge in [-0.2, -0.15) is 4.98 Å². The lowest BCUT2D eigenvalue weighted by molar-refractivity contribution is 0.177. The summed E-state index contributed by atoms with van der Waals surface area (Å²) in [5.74, 6) is 1.11. The molecule has 0 saturated heterocycles. The SMILES string of the molecule is COCC(N)c1noc(CCc2cccc(C)c2)n1. The van der Waals surface area contributed by atoms with Gasteiger partial charge in [-0.05, 0) is 18.9 Å². The van der Waals surface area contributed by atoms with Crippen molar-refractivity contribution in [3.05, 3.63) is 47.1 Å². The predicted molar refractivity (Wildman–Crippen MR) is 71.7 cm³/mol. The average Bonchev–Trinajstić information content (AvgIpc) is 2.86. The molecule has 0 aliphatic carbocycles. The fourth-order valence-electron chi connectivity index (χ4n) is 1.89. The van der Waals surface area contributed by atoms with Crippen molar-refractivity contribution in [1.29, 1.82) is 0 Å². The number of hydrogen-bond acceptors (Lipinski definition) is 5.